The fraction of sp³-hybridized carbons (Fsp3) is 0.222. The van der Waals surface area contributed by atoms with E-state index in [4.69, 9.17) is 0 Å². The maximum absolute atomic E-state index is 12.8. The first-order chi connectivity index (χ1) is 11.6. The second kappa shape index (κ2) is 5.35. The van der Waals surface area contributed by atoms with Gasteiger partial charge in [-0.1, -0.05) is 24.3 Å². The van der Waals surface area contributed by atoms with Gasteiger partial charge in [-0.3, -0.25) is 9.59 Å². The lowest BCUT2D eigenvalue weighted by atomic mass is 9.82. The molecule has 0 saturated carbocycles. The average Bonchev–Trinajstić information content (AvgIpc) is 2.62. The molecule has 2 aliphatic rings. The zero-order chi connectivity index (χ0) is 16.8. The van der Waals surface area contributed by atoms with Crippen LogP contribution in [0.3, 0.4) is 0 Å². The summed E-state index contributed by atoms with van der Waals surface area (Å²) < 4.78 is 0. The van der Waals surface area contributed by atoms with Gasteiger partial charge in [0.05, 0.1) is 16.8 Å². The number of phenolic OH excluding ortho intramolecular Hbond substituents is 2. The molecule has 1 saturated heterocycles. The number of phenols is 2. The minimum Gasteiger partial charge on any atom is -0.507 e. The van der Waals surface area contributed by atoms with Crippen LogP contribution in [0.1, 0.15) is 31.8 Å². The predicted molar refractivity (Wildman–Crippen MR) is 88.2 cm³/mol. The molecule has 1 heterocycles. The van der Waals surface area contributed by atoms with Crippen molar-refractivity contribution < 1.29 is 19.8 Å². The molecule has 0 bridgehead atoms. The average molecular weight is 324 g/mol. The summed E-state index contributed by atoms with van der Waals surface area (Å²) in [5, 5.41) is 24.3. The van der Waals surface area contributed by atoms with Gasteiger partial charge in [0.1, 0.15) is 5.75 Å². The number of hydrogen-bond acceptors (Lipinski definition) is 6. The number of carbonyl (C=O) groups is 2. The fourth-order valence-corrected chi connectivity index (χ4v) is 3.39. The molecule has 0 atom stereocenters. The predicted octanol–water partition coefficient (Wildman–Crippen LogP) is 1.28. The third-order valence-electron chi connectivity index (χ3n) is 4.59. The van der Waals surface area contributed by atoms with E-state index in [1.807, 2.05) is 4.90 Å². The highest BCUT2D eigenvalue weighted by molar-refractivity contribution is 6.30. The summed E-state index contributed by atoms with van der Waals surface area (Å²) in [4.78, 5) is 27.4. The maximum atomic E-state index is 12.8. The van der Waals surface area contributed by atoms with Crippen LogP contribution in [0.15, 0.2) is 30.3 Å². The van der Waals surface area contributed by atoms with Crippen LogP contribution in [-0.4, -0.2) is 48.0 Å². The number of aromatic hydroxyl groups is 2. The second-order valence-corrected chi connectivity index (χ2v) is 5.95. The number of hydrogen-bond donors (Lipinski definition) is 3. The van der Waals surface area contributed by atoms with Gasteiger partial charge in [0, 0.05) is 43.4 Å². The topological polar surface area (TPSA) is 89.9 Å². The summed E-state index contributed by atoms with van der Waals surface area (Å²) in [6, 6.07) is 7.83. The van der Waals surface area contributed by atoms with Crippen LogP contribution in [0.4, 0.5) is 5.69 Å². The van der Waals surface area contributed by atoms with Gasteiger partial charge in [0.2, 0.25) is 0 Å². The van der Waals surface area contributed by atoms with Crippen molar-refractivity contribution in [3.63, 3.8) is 0 Å². The molecule has 2 aromatic rings. The van der Waals surface area contributed by atoms with E-state index in [9.17, 15) is 19.8 Å². The monoisotopic (exact) mass is 324 g/mol. The van der Waals surface area contributed by atoms with Crippen molar-refractivity contribution in [3.05, 3.63) is 52.6 Å². The van der Waals surface area contributed by atoms with E-state index in [2.05, 4.69) is 5.32 Å². The van der Waals surface area contributed by atoms with Gasteiger partial charge in [0.15, 0.2) is 17.3 Å². The molecule has 6 heteroatoms. The van der Waals surface area contributed by atoms with Gasteiger partial charge in [-0.2, -0.15) is 0 Å². The van der Waals surface area contributed by atoms with Crippen molar-refractivity contribution in [2.24, 2.45) is 0 Å². The summed E-state index contributed by atoms with van der Waals surface area (Å²) >= 11 is 0. The van der Waals surface area contributed by atoms with Crippen molar-refractivity contribution in [3.8, 4) is 11.5 Å². The molecule has 24 heavy (non-hydrogen) atoms. The Morgan fingerprint density at radius 2 is 1.50 bits per heavy atom. The molecular formula is C18H16N2O4. The Morgan fingerprint density at radius 3 is 2.12 bits per heavy atom. The number of benzene rings is 2. The van der Waals surface area contributed by atoms with E-state index in [-0.39, 0.29) is 33.8 Å². The number of nitrogens with zero attached hydrogens (tertiary/aromatic N) is 1. The van der Waals surface area contributed by atoms with Gasteiger partial charge in [0.25, 0.3) is 0 Å². The molecular weight excluding hydrogens is 308 g/mol. The Labute approximate surface area is 138 Å². The summed E-state index contributed by atoms with van der Waals surface area (Å²) in [6.45, 7) is 2.77. The number of piperazine rings is 1. The zero-order valence-corrected chi connectivity index (χ0v) is 12.9. The lowest BCUT2D eigenvalue weighted by Crippen LogP contribution is -2.43. The van der Waals surface area contributed by atoms with Gasteiger partial charge in [-0.15, -0.1) is 0 Å². The van der Waals surface area contributed by atoms with Crippen LogP contribution in [0.5, 0.6) is 11.5 Å². The Bertz CT molecular complexity index is 870. The first kappa shape index (κ1) is 14.7. The van der Waals surface area contributed by atoms with Crippen molar-refractivity contribution in [2.75, 3.05) is 31.1 Å². The molecule has 6 nitrogen and oxygen atoms in total. The molecule has 3 N–H and O–H groups in total. The van der Waals surface area contributed by atoms with Crippen molar-refractivity contribution in [2.45, 2.75) is 0 Å². The van der Waals surface area contributed by atoms with Crippen LogP contribution in [-0.2, 0) is 0 Å². The molecule has 4 rings (SSSR count). The molecule has 0 radical (unpaired) electrons. The molecule has 0 unspecified atom stereocenters. The molecule has 2 aromatic carbocycles. The van der Waals surface area contributed by atoms with E-state index in [0.29, 0.717) is 18.8 Å². The van der Waals surface area contributed by atoms with Crippen LogP contribution in [0, 0.1) is 0 Å². The van der Waals surface area contributed by atoms with E-state index < -0.39 is 11.6 Å². The number of nitrogens with one attached hydrogen (secondary N) is 1. The highest BCUT2D eigenvalue weighted by Gasteiger charge is 2.36. The fourth-order valence-electron chi connectivity index (χ4n) is 3.39. The highest BCUT2D eigenvalue weighted by Crippen LogP contribution is 2.43. The zero-order valence-electron chi connectivity index (χ0n) is 12.9. The maximum Gasteiger partial charge on any atom is 0.198 e. The van der Waals surface area contributed by atoms with Gasteiger partial charge < -0.3 is 20.4 Å². The third-order valence-corrected chi connectivity index (χ3v) is 4.59. The van der Waals surface area contributed by atoms with Crippen molar-refractivity contribution in [1.29, 1.82) is 0 Å². The van der Waals surface area contributed by atoms with Crippen molar-refractivity contribution in [1.82, 2.24) is 5.32 Å². The molecule has 0 amide bonds. The number of anilines is 1. The highest BCUT2D eigenvalue weighted by atomic mass is 16.3. The van der Waals surface area contributed by atoms with Crippen LogP contribution in [0.25, 0.3) is 0 Å². The third kappa shape index (κ3) is 2.00. The number of carbonyl (C=O) groups excluding carboxylic acids is 2. The molecule has 1 aliphatic heterocycles. The Balaban J connectivity index is 1.93. The van der Waals surface area contributed by atoms with Crippen LogP contribution >= 0.6 is 0 Å². The minimum absolute atomic E-state index is 0.104. The SMILES string of the molecule is O=C1c2ccccc2C(=O)c2c(O)c(N3CCNCC3)cc(O)c21. The lowest BCUT2D eigenvalue weighted by molar-refractivity contribution is 0.0974. The number of fused-ring (bicyclic) bond motifs is 2. The quantitative estimate of drug-likeness (QED) is 0.584. The standard InChI is InChI=1S/C18H16N2O4/c21-13-9-12(20-7-5-19-6-8-20)18(24)15-14(13)16(22)10-3-1-2-4-11(10)17(15)23/h1-4,9,19,21,24H,5-8H2. The molecule has 122 valence electrons. The largest absolute Gasteiger partial charge is 0.507 e. The Hall–Kier alpha value is -2.86. The smallest absolute Gasteiger partial charge is 0.198 e. The molecule has 0 aromatic heterocycles. The van der Waals surface area contributed by atoms with Crippen molar-refractivity contribution >= 4 is 17.3 Å². The van der Waals surface area contributed by atoms with E-state index in [1.165, 1.54) is 6.07 Å². The molecule has 1 fully saturated rings. The summed E-state index contributed by atoms with van der Waals surface area (Å²) in [5.74, 6) is -1.40. The molecule has 1 aliphatic carbocycles. The van der Waals surface area contributed by atoms with Crippen LogP contribution < -0.4 is 10.2 Å². The Morgan fingerprint density at radius 1 is 0.917 bits per heavy atom. The normalized spacial score (nSPS) is 16.8. The van der Waals surface area contributed by atoms with E-state index >= 15 is 0 Å². The lowest BCUT2D eigenvalue weighted by Gasteiger charge is -2.31. The van der Waals surface area contributed by atoms with Gasteiger partial charge >= 0.3 is 0 Å². The summed E-state index contributed by atoms with van der Waals surface area (Å²) in [5.41, 5.74) is 0.664. The Kier molecular flexibility index (Phi) is 3.28. The van der Waals surface area contributed by atoms with E-state index in [1.54, 1.807) is 24.3 Å². The first-order valence-corrected chi connectivity index (χ1v) is 7.82. The van der Waals surface area contributed by atoms with Gasteiger partial charge in [-0.25, -0.2) is 0 Å². The second-order valence-electron chi connectivity index (χ2n) is 5.95. The number of ketones is 2. The van der Waals surface area contributed by atoms with Gasteiger partial charge in [-0.05, 0) is 0 Å². The summed E-state index contributed by atoms with van der Waals surface area (Å²) in [7, 11) is 0. The first-order valence-electron chi connectivity index (χ1n) is 7.82. The van der Waals surface area contributed by atoms with E-state index in [0.717, 1.165) is 13.1 Å². The summed E-state index contributed by atoms with van der Waals surface area (Å²) in [6.07, 6.45) is 0. The van der Waals surface area contributed by atoms with Crippen LogP contribution in [0.2, 0.25) is 0 Å². The molecule has 0 spiro atoms. The number of rotatable bonds is 1. The minimum atomic E-state index is -0.445.